The van der Waals surface area contributed by atoms with Crippen molar-refractivity contribution in [3.63, 3.8) is 0 Å². The molecule has 0 spiro atoms. The van der Waals surface area contributed by atoms with Crippen molar-refractivity contribution in [2.45, 2.75) is 32.6 Å². The Balaban J connectivity index is 1.67. The molecule has 0 radical (unpaired) electrons. The number of carbonyl (C=O) groups excluding carboxylic acids is 1. The molecule has 0 saturated heterocycles. The largest absolute Gasteiger partial charge is 0.359 e. The molecule has 7 heteroatoms. The highest BCUT2D eigenvalue weighted by Crippen LogP contribution is 2.41. The van der Waals surface area contributed by atoms with Gasteiger partial charge in [0.1, 0.15) is 17.1 Å². The summed E-state index contributed by atoms with van der Waals surface area (Å²) in [4.78, 5) is 17.8. The maximum atomic E-state index is 13.2. The average molecular weight is 374 g/mol. The number of benzene rings is 1. The standard InChI is InChI=1S/C21H18N4O3/c1-11-18(12(2)27-24-11)23-20(26)15-10-16(13-8-9-13)22-21-17(15)19(25-28-21)14-6-4-3-5-7-14/h3-7,10,13H,8-9H2,1-2H3,(H,23,26). The minimum Gasteiger partial charge on any atom is -0.359 e. The average Bonchev–Trinajstić information content (AvgIpc) is 3.41. The molecule has 1 aliphatic carbocycles. The number of fused-ring (bicyclic) bond motifs is 1. The Morgan fingerprint density at radius 3 is 2.57 bits per heavy atom. The van der Waals surface area contributed by atoms with Crippen LogP contribution < -0.4 is 5.32 Å². The Kier molecular flexibility index (Phi) is 3.75. The highest BCUT2D eigenvalue weighted by molar-refractivity contribution is 6.15. The minimum atomic E-state index is -0.260. The third-order valence-corrected chi connectivity index (χ3v) is 5.03. The van der Waals surface area contributed by atoms with E-state index in [4.69, 9.17) is 9.05 Å². The number of pyridine rings is 1. The molecule has 0 bridgehead atoms. The van der Waals surface area contributed by atoms with Crippen molar-refractivity contribution in [1.82, 2.24) is 15.3 Å². The summed E-state index contributed by atoms with van der Waals surface area (Å²) in [5.74, 6) is 0.677. The Hall–Kier alpha value is -3.48. The van der Waals surface area contributed by atoms with Crippen molar-refractivity contribution in [2.24, 2.45) is 0 Å². The maximum Gasteiger partial charge on any atom is 0.259 e. The summed E-state index contributed by atoms with van der Waals surface area (Å²) < 4.78 is 10.7. The lowest BCUT2D eigenvalue weighted by Gasteiger charge is -2.08. The van der Waals surface area contributed by atoms with E-state index in [-0.39, 0.29) is 5.91 Å². The minimum absolute atomic E-state index is 0.260. The Bertz CT molecular complexity index is 1170. The second-order valence-corrected chi connectivity index (χ2v) is 7.10. The lowest BCUT2D eigenvalue weighted by atomic mass is 10.0. The van der Waals surface area contributed by atoms with Crippen molar-refractivity contribution in [3.05, 3.63) is 59.1 Å². The van der Waals surface area contributed by atoms with Crippen LogP contribution in [0.25, 0.3) is 22.4 Å². The van der Waals surface area contributed by atoms with E-state index in [0.29, 0.717) is 45.4 Å². The van der Waals surface area contributed by atoms with Gasteiger partial charge in [0.2, 0.25) is 0 Å². The molecule has 1 fully saturated rings. The van der Waals surface area contributed by atoms with E-state index in [9.17, 15) is 4.79 Å². The van der Waals surface area contributed by atoms with Gasteiger partial charge in [-0.25, -0.2) is 4.98 Å². The van der Waals surface area contributed by atoms with Crippen LogP contribution >= 0.6 is 0 Å². The second kappa shape index (κ2) is 6.30. The van der Waals surface area contributed by atoms with Gasteiger partial charge in [-0.15, -0.1) is 0 Å². The van der Waals surface area contributed by atoms with Crippen LogP contribution in [-0.4, -0.2) is 21.2 Å². The van der Waals surface area contributed by atoms with Gasteiger partial charge in [-0.2, -0.15) is 0 Å². The molecular weight excluding hydrogens is 356 g/mol. The van der Waals surface area contributed by atoms with Crippen molar-refractivity contribution < 1.29 is 13.8 Å². The molecule has 3 aromatic heterocycles. The summed E-state index contributed by atoms with van der Waals surface area (Å²) in [6.07, 6.45) is 2.15. The molecule has 1 N–H and O–H groups in total. The van der Waals surface area contributed by atoms with Crippen LogP contribution in [0.3, 0.4) is 0 Å². The van der Waals surface area contributed by atoms with Gasteiger partial charge in [0.15, 0.2) is 5.76 Å². The Labute approximate surface area is 160 Å². The van der Waals surface area contributed by atoms with Crippen molar-refractivity contribution in [1.29, 1.82) is 0 Å². The van der Waals surface area contributed by atoms with Gasteiger partial charge in [0.05, 0.1) is 10.9 Å². The number of nitrogens with zero attached hydrogens (tertiary/aromatic N) is 3. The zero-order chi connectivity index (χ0) is 19.3. The second-order valence-electron chi connectivity index (χ2n) is 7.10. The van der Waals surface area contributed by atoms with Gasteiger partial charge < -0.3 is 14.4 Å². The molecule has 1 aromatic carbocycles. The Morgan fingerprint density at radius 2 is 1.89 bits per heavy atom. The van der Waals surface area contributed by atoms with Crippen molar-refractivity contribution in [3.8, 4) is 11.3 Å². The molecule has 28 heavy (non-hydrogen) atoms. The van der Waals surface area contributed by atoms with Crippen LogP contribution in [0.15, 0.2) is 45.4 Å². The van der Waals surface area contributed by atoms with E-state index in [1.165, 1.54) is 0 Å². The molecule has 1 aliphatic rings. The first-order chi connectivity index (χ1) is 13.6. The van der Waals surface area contributed by atoms with Gasteiger partial charge in [-0.05, 0) is 32.8 Å². The lowest BCUT2D eigenvalue weighted by Crippen LogP contribution is -2.14. The predicted molar refractivity (Wildman–Crippen MR) is 103 cm³/mol. The van der Waals surface area contributed by atoms with Gasteiger partial charge in [0, 0.05) is 17.2 Å². The highest BCUT2D eigenvalue weighted by atomic mass is 16.5. The molecule has 7 nitrogen and oxygen atoms in total. The monoisotopic (exact) mass is 374 g/mol. The lowest BCUT2D eigenvalue weighted by molar-refractivity contribution is 0.102. The fourth-order valence-electron chi connectivity index (χ4n) is 3.37. The van der Waals surface area contributed by atoms with Crippen LogP contribution in [0.2, 0.25) is 0 Å². The summed E-state index contributed by atoms with van der Waals surface area (Å²) in [5, 5.41) is 11.7. The first-order valence-electron chi connectivity index (χ1n) is 9.22. The quantitative estimate of drug-likeness (QED) is 0.560. The fraction of sp³-hybridized carbons (Fsp3) is 0.238. The SMILES string of the molecule is Cc1noc(C)c1NC(=O)c1cc(C2CC2)nc2onc(-c3ccccc3)c12. The van der Waals surface area contributed by atoms with Gasteiger partial charge >= 0.3 is 0 Å². The summed E-state index contributed by atoms with van der Waals surface area (Å²) in [6.45, 7) is 3.56. The van der Waals surface area contributed by atoms with Crippen LogP contribution in [-0.2, 0) is 0 Å². The summed E-state index contributed by atoms with van der Waals surface area (Å²) in [7, 11) is 0. The summed E-state index contributed by atoms with van der Waals surface area (Å²) in [6, 6.07) is 11.5. The number of hydrogen-bond acceptors (Lipinski definition) is 6. The van der Waals surface area contributed by atoms with E-state index >= 15 is 0 Å². The molecule has 4 aromatic rings. The smallest absolute Gasteiger partial charge is 0.259 e. The normalized spacial score (nSPS) is 13.8. The molecule has 140 valence electrons. The fourth-order valence-corrected chi connectivity index (χ4v) is 3.37. The predicted octanol–water partition coefficient (Wildman–Crippen LogP) is 4.62. The van der Waals surface area contributed by atoms with Crippen LogP contribution in [0, 0.1) is 13.8 Å². The Morgan fingerprint density at radius 1 is 1.11 bits per heavy atom. The van der Waals surface area contributed by atoms with E-state index in [1.807, 2.05) is 36.4 Å². The van der Waals surface area contributed by atoms with E-state index < -0.39 is 0 Å². The van der Waals surface area contributed by atoms with E-state index in [1.54, 1.807) is 13.8 Å². The van der Waals surface area contributed by atoms with E-state index in [2.05, 4.69) is 20.6 Å². The number of hydrogen-bond donors (Lipinski definition) is 1. The number of rotatable bonds is 4. The molecule has 0 unspecified atom stereocenters. The molecule has 5 rings (SSSR count). The molecule has 0 atom stereocenters. The molecule has 0 aliphatic heterocycles. The summed E-state index contributed by atoms with van der Waals surface area (Å²) in [5.41, 5.74) is 4.43. The topological polar surface area (TPSA) is 94.1 Å². The maximum absolute atomic E-state index is 13.2. The van der Waals surface area contributed by atoms with Crippen LogP contribution in [0.1, 0.15) is 46.3 Å². The number of nitrogens with one attached hydrogen (secondary N) is 1. The van der Waals surface area contributed by atoms with Crippen LogP contribution in [0.4, 0.5) is 5.69 Å². The zero-order valence-electron chi connectivity index (χ0n) is 15.5. The van der Waals surface area contributed by atoms with Crippen LogP contribution in [0.5, 0.6) is 0 Å². The third kappa shape index (κ3) is 2.76. The number of carbonyl (C=O) groups is 1. The summed E-state index contributed by atoms with van der Waals surface area (Å²) >= 11 is 0. The number of aryl methyl sites for hydroxylation is 2. The number of anilines is 1. The number of aromatic nitrogens is 3. The highest BCUT2D eigenvalue weighted by Gasteiger charge is 2.29. The van der Waals surface area contributed by atoms with Gasteiger partial charge in [0.25, 0.3) is 11.6 Å². The van der Waals surface area contributed by atoms with Crippen molar-refractivity contribution in [2.75, 3.05) is 5.32 Å². The first-order valence-corrected chi connectivity index (χ1v) is 9.22. The molecule has 1 saturated carbocycles. The number of amides is 1. The van der Waals surface area contributed by atoms with Gasteiger partial charge in [-0.3, -0.25) is 4.79 Å². The molecule has 1 amide bonds. The van der Waals surface area contributed by atoms with E-state index in [0.717, 1.165) is 24.1 Å². The first kappa shape index (κ1) is 16.7. The van der Waals surface area contributed by atoms with Crippen molar-refractivity contribution >= 4 is 22.7 Å². The third-order valence-electron chi connectivity index (χ3n) is 5.03. The molecular formula is C21H18N4O3. The molecule has 3 heterocycles. The zero-order valence-corrected chi connectivity index (χ0v) is 15.5. The van der Waals surface area contributed by atoms with Gasteiger partial charge in [-0.1, -0.05) is 40.6 Å².